The molecule has 1 rings (SSSR count). The average molecular weight is 187 g/mol. The minimum Gasteiger partial charge on any atom is -0.466 e. The summed E-state index contributed by atoms with van der Waals surface area (Å²) in [5.74, 6) is -0.781. The predicted molar refractivity (Wildman–Crippen MR) is 43.7 cm³/mol. The molecular formula is C8H13NO4. The van der Waals surface area contributed by atoms with Gasteiger partial charge in [0.2, 0.25) is 6.23 Å². The van der Waals surface area contributed by atoms with Crippen LogP contribution in [0.1, 0.15) is 13.8 Å². The fourth-order valence-electron chi connectivity index (χ4n) is 1.14. The second kappa shape index (κ2) is 3.74. The van der Waals surface area contributed by atoms with Gasteiger partial charge in [0.05, 0.1) is 7.11 Å². The van der Waals surface area contributed by atoms with E-state index >= 15 is 0 Å². The molecule has 1 aliphatic heterocycles. The summed E-state index contributed by atoms with van der Waals surface area (Å²) in [6, 6.07) is 0. The van der Waals surface area contributed by atoms with Crippen LogP contribution in [0, 0.1) is 5.92 Å². The molecule has 1 amide bonds. The molecule has 0 radical (unpaired) electrons. The SMILES string of the molecule is COC(=O)C1NC(=O)C(C(C)C)O1. The molecule has 1 heterocycles. The number of methoxy groups -OCH3 is 1. The van der Waals surface area contributed by atoms with E-state index in [0.29, 0.717) is 0 Å². The van der Waals surface area contributed by atoms with E-state index in [0.717, 1.165) is 0 Å². The Bertz CT molecular complexity index is 226. The molecule has 1 N–H and O–H groups in total. The quantitative estimate of drug-likeness (QED) is 0.600. The van der Waals surface area contributed by atoms with Crippen molar-refractivity contribution in [2.75, 3.05) is 7.11 Å². The first kappa shape index (κ1) is 9.98. The molecule has 0 aromatic rings. The molecule has 0 aromatic carbocycles. The molecular weight excluding hydrogens is 174 g/mol. The van der Waals surface area contributed by atoms with E-state index < -0.39 is 18.3 Å². The number of amides is 1. The van der Waals surface area contributed by atoms with Crippen molar-refractivity contribution in [3.63, 3.8) is 0 Å². The van der Waals surface area contributed by atoms with Gasteiger partial charge in [-0.3, -0.25) is 4.79 Å². The molecule has 0 bridgehead atoms. The van der Waals surface area contributed by atoms with E-state index in [1.165, 1.54) is 7.11 Å². The Morgan fingerprint density at radius 1 is 1.62 bits per heavy atom. The summed E-state index contributed by atoms with van der Waals surface area (Å²) in [4.78, 5) is 22.2. The fraction of sp³-hybridized carbons (Fsp3) is 0.750. The maximum Gasteiger partial charge on any atom is 0.356 e. The zero-order valence-corrected chi connectivity index (χ0v) is 7.87. The lowest BCUT2D eigenvalue weighted by molar-refractivity contribution is -0.155. The van der Waals surface area contributed by atoms with Gasteiger partial charge in [-0.15, -0.1) is 0 Å². The van der Waals surface area contributed by atoms with Crippen molar-refractivity contribution in [3.05, 3.63) is 0 Å². The Morgan fingerprint density at radius 2 is 2.23 bits per heavy atom. The molecule has 0 aliphatic carbocycles. The van der Waals surface area contributed by atoms with Crippen molar-refractivity contribution in [1.82, 2.24) is 5.32 Å². The van der Waals surface area contributed by atoms with Gasteiger partial charge in [-0.05, 0) is 5.92 Å². The van der Waals surface area contributed by atoms with E-state index in [2.05, 4.69) is 10.1 Å². The molecule has 0 aromatic heterocycles. The minimum absolute atomic E-state index is 0.0506. The topological polar surface area (TPSA) is 64.6 Å². The van der Waals surface area contributed by atoms with Gasteiger partial charge in [-0.2, -0.15) is 0 Å². The molecule has 2 unspecified atom stereocenters. The summed E-state index contributed by atoms with van der Waals surface area (Å²) in [5, 5.41) is 2.40. The van der Waals surface area contributed by atoms with E-state index in [4.69, 9.17) is 4.74 Å². The smallest absolute Gasteiger partial charge is 0.356 e. The Morgan fingerprint density at radius 3 is 2.62 bits per heavy atom. The third-order valence-electron chi connectivity index (χ3n) is 1.84. The first-order valence-corrected chi connectivity index (χ1v) is 4.10. The number of carbonyl (C=O) groups is 2. The van der Waals surface area contributed by atoms with Crippen LogP contribution in [0.25, 0.3) is 0 Å². The Hall–Kier alpha value is -1.10. The first-order valence-electron chi connectivity index (χ1n) is 4.10. The molecule has 0 spiro atoms. The van der Waals surface area contributed by atoms with E-state index in [-0.39, 0.29) is 11.8 Å². The standard InChI is InChI=1S/C8H13NO4/c1-4(2)5-6(10)9-7(13-5)8(11)12-3/h4-5,7H,1-3H3,(H,9,10). The van der Waals surface area contributed by atoms with Crippen LogP contribution >= 0.6 is 0 Å². The highest BCUT2D eigenvalue weighted by atomic mass is 16.6. The summed E-state index contributed by atoms with van der Waals surface area (Å²) < 4.78 is 9.58. The number of hydrogen-bond acceptors (Lipinski definition) is 4. The normalized spacial score (nSPS) is 27.5. The van der Waals surface area contributed by atoms with E-state index in [1.807, 2.05) is 13.8 Å². The number of ether oxygens (including phenoxy) is 2. The lowest BCUT2D eigenvalue weighted by Gasteiger charge is -2.11. The Kier molecular flexibility index (Phi) is 2.87. The van der Waals surface area contributed by atoms with E-state index in [1.54, 1.807) is 0 Å². The summed E-state index contributed by atoms with van der Waals surface area (Å²) in [5.41, 5.74) is 0. The molecule has 74 valence electrons. The van der Waals surface area contributed by atoms with Crippen LogP contribution < -0.4 is 5.32 Å². The minimum atomic E-state index is -0.940. The monoisotopic (exact) mass is 187 g/mol. The van der Waals surface area contributed by atoms with Crippen LogP contribution in [0.15, 0.2) is 0 Å². The van der Waals surface area contributed by atoms with Gasteiger partial charge < -0.3 is 14.8 Å². The highest BCUT2D eigenvalue weighted by Gasteiger charge is 2.39. The van der Waals surface area contributed by atoms with Crippen molar-refractivity contribution in [1.29, 1.82) is 0 Å². The number of carbonyl (C=O) groups excluding carboxylic acids is 2. The summed E-state index contributed by atoms with van der Waals surface area (Å²) in [6.45, 7) is 3.70. The number of nitrogens with one attached hydrogen (secondary N) is 1. The van der Waals surface area contributed by atoms with Crippen LogP contribution in [0.4, 0.5) is 0 Å². The van der Waals surface area contributed by atoms with Gasteiger partial charge in [0.15, 0.2) is 0 Å². The second-order valence-corrected chi connectivity index (χ2v) is 3.21. The molecule has 1 saturated heterocycles. The van der Waals surface area contributed by atoms with Crippen LogP contribution in [-0.2, 0) is 19.1 Å². The first-order chi connectivity index (χ1) is 6.06. The van der Waals surface area contributed by atoms with Crippen molar-refractivity contribution < 1.29 is 19.1 Å². The van der Waals surface area contributed by atoms with Crippen LogP contribution in [0.3, 0.4) is 0 Å². The third-order valence-corrected chi connectivity index (χ3v) is 1.84. The highest BCUT2D eigenvalue weighted by molar-refractivity contribution is 5.89. The maximum absolute atomic E-state index is 11.2. The zero-order valence-electron chi connectivity index (χ0n) is 7.87. The van der Waals surface area contributed by atoms with Crippen molar-refractivity contribution >= 4 is 11.9 Å². The largest absolute Gasteiger partial charge is 0.466 e. The van der Waals surface area contributed by atoms with Crippen LogP contribution in [0.2, 0.25) is 0 Å². The van der Waals surface area contributed by atoms with Crippen molar-refractivity contribution in [2.24, 2.45) is 5.92 Å². The van der Waals surface area contributed by atoms with Crippen molar-refractivity contribution in [2.45, 2.75) is 26.2 Å². The van der Waals surface area contributed by atoms with Crippen molar-refractivity contribution in [3.8, 4) is 0 Å². The molecule has 5 nitrogen and oxygen atoms in total. The highest BCUT2D eigenvalue weighted by Crippen LogP contribution is 2.15. The fourth-order valence-corrected chi connectivity index (χ4v) is 1.14. The molecule has 2 atom stereocenters. The van der Waals surface area contributed by atoms with Crippen LogP contribution in [0.5, 0.6) is 0 Å². The van der Waals surface area contributed by atoms with Gasteiger partial charge >= 0.3 is 5.97 Å². The Balaban J connectivity index is 2.60. The lowest BCUT2D eigenvalue weighted by atomic mass is 10.1. The third kappa shape index (κ3) is 1.98. The molecule has 0 saturated carbocycles. The summed E-state index contributed by atoms with van der Waals surface area (Å²) in [6.07, 6.45) is -1.49. The van der Waals surface area contributed by atoms with Gasteiger partial charge in [-0.1, -0.05) is 13.8 Å². The van der Waals surface area contributed by atoms with Crippen LogP contribution in [-0.4, -0.2) is 31.3 Å². The molecule has 1 aliphatic rings. The van der Waals surface area contributed by atoms with Gasteiger partial charge in [0.1, 0.15) is 6.10 Å². The van der Waals surface area contributed by atoms with Gasteiger partial charge in [-0.25, -0.2) is 4.79 Å². The summed E-state index contributed by atoms with van der Waals surface area (Å²) in [7, 11) is 1.25. The molecule has 5 heteroatoms. The van der Waals surface area contributed by atoms with Gasteiger partial charge in [0, 0.05) is 0 Å². The number of hydrogen-bond donors (Lipinski definition) is 1. The van der Waals surface area contributed by atoms with Gasteiger partial charge in [0.25, 0.3) is 5.91 Å². The maximum atomic E-state index is 11.2. The van der Waals surface area contributed by atoms with E-state index in [9.17, 15) is 9.59 Å². The average Bonchev–Trinajstić information content (AvgIpc) is 2.46. The predicted octanol–water partition coefficient (Wildman–Crippen LogP) is -0.344. The lowest BCUT2D eigenvalue weighted by Crippen LogP contribution is -2.35. The molecule has 13 heavy (non-hydrogen) atoms. The number of esters is 1. The Labute approximate surface area is 76.4 Å². The second-order valence-electron chi connectivity index (χ2n) is 3.21. The number of rotatable bonds is 2. The zero-order chi connectivity index (χ0) is 10.0. The summed E-state index contributed by atoms with van der Waals surface area (Å²) >= 11 is 0. The molecule has 1 fully saturated rings.